The number of pyridine rings is 1. The molecule has 0 amide bonds. The highest BCUT2D eigenvalue weighted by Crippen LogP contribution is 2.41. The predicted octanol–water partition coefficient (Wildman–Crippen LogP) is 3.26. The summed E-state index contributed by atoms with van der Waals surface area (Å²) in [5, 5.41) is 0. The second-order valence-corrected chi connectivity index (χ2v) is 6.62. The van der Waals surface area contributed by atoms with Crippen molar-refractivity contribution in [3.05, 3.63) is 45.7 Å². The molecule has 1 aliphatic rings. The quantitative estimate of drug-likeness (QED) is 0.526. The maximum Gasteiger partial charge on any atom is 0.192 e. The number of aromatic nitrogens is 1. The van der Waals surface area contributed by atoms with Crippen LogP contribution in [0.3, 0.4) is 0 Å². The van der Waals surface area contributed by atoms with Gasteiger partial charge < -0.3 is 18.8 Å². The van der Waals surface area contributed by atoms with E-state index in [2.05, 4.69) is 6.92 Å². The lowest BCUT2D eigenvalue weighted by atomic mass is 9.90. The number of methoxy groups -OCH3 is 2. The summed E-state index contributed by atoms with van der Waals surface area (Å²) < 4.78 is 18.5. The number of carbonyl (C=O) groups is 1. The first kappa shape index (κ1) is 19.2. The first-order valence-corrected chi connectivity index (χ1v) is 9.17. The van der Waals surface area contributed by atoms with Gasteiger partial charge >= 0.3 is 0 Å². The molecule has 1 unspecified atom stereocenters. The van der Waals surface area contributed by atoms with Gasteiger partial charge in [0.05, 0.1) is 25.0 Å². The van der Waals surface area contributed by atoms with Gasteiger partial charge in [-0.15, -0.1) is 0 Å². The van der Waals surface area contributed by atoms with Gasteiger partial charge in [-0.05, 0) is 30.5 Å². The SMILES string of the molecule is CCC1Cc2cc(OCCCOC)c(OC)cc2-c2cc(=O)c(C=O)cn21. The van der Waals surface area contributed by atoms with Gasteiger partial charge in [0.15, 0.2) is 23.2 Å². The van der Waals surface area contributed by atoms with Crippen molar-refractivity contribution in [1.82, 2.24) is 4.57 Å². The van der Waals surface area contributed by atoms with E-state index in [0.29, 0.717) is 31.0 Å². The van der Waals surface area contributed by atoms with E-state index in [-0.39, 0.29) is 17.0 Å². The van der Waals surface area contributed by atoms with Crippen LogP contribution in [0, 0.1) is 0 Å². The van der Waals surface area contributed by atoms with Crippen LogP contribution < -0.4 is 14.9 Å². The molecule has 1 aliphatic heterocycles. The molecular weight excluding hydrogens is 346 g/mol. The number of rotatable bonds is 8. The normalized spacial score (nSPS) is 15.0. The van der Waals surface area contributed by atoms with Crippen LogP contribution in [-0.2, 0) is 11.2 Å². The fraction of sp³-hybridized carbons (Fsp3) is 0.429. The van der Waals surface area contributed by atoms with Crippen LogP contribution in [-0.4, -0.2) is 38.3 Å². The lowest BCUT2D eigenvalue weighted by molar-refractivity contribution is 0.112. The number of fused-ring (bicyclic) bond motifs is 3. The van der Waals surface area contributed by atoms with Gasteiger partial charge in [-0.2, -0.15) is 0 Å². The molecule has 27 heavy (non-hydrogen) atoms. The molecule has 1 atom stereocenters. The van der Waals surface area contributed by atoms with Crippen LogP contribution >= 0.6 is 0 Å². The second-order valence-electron chi connectivity index (χ2n) is 6.62. The minimum atomic E-state index is -0.266. The van der Waals surface area contributed by atoms with E-state index < -0.39 is 0 Å². The van der Waals surface area contributed by atoms with Crippen LogP contribution in [0.1, 0.15) is 41.7 Å². The Morgan fingerprint density at radius 3 is 2.67 bits per heavy atom. The van der Waals surface area contributed by atoms with Crippen molar-refractivity contribution in [2.24, 2.45) is 0 Å². The van der Waals surface area contributed by atoms with Gasteiger partial charge in [0.25, 0.3) is 0 Å². The van der Waals surface area contributed by atoms with Gasteiger partial charge in [-0.1, -0.05) is 6.92 Å². The topological polar surface area (TPSA) is 66.8 Å². The van der Waals surface area contributed by atoms with Crippen LogP contribution in [0.15, 0.2) is 29.2 Å². The fourth-order valence-corrected chi connectivity index (χ4v) is 3.53. The third kappa shape index (κ3) is 3.76. The zero-order valence-electron chi connectivity index (χ0n) is 16.0. The molecule has 1 aromatic heterocycles. The molecule has 0 aliphatic carbocycles. The Balaban J connectivity index is 2.05. The van der Waals surface area contributed by atoms with Crippen molar-refractivity contribution in [2.45, 2.75) is 32.2 Å². The summed E-state index contributed by atoms with van der Waals surface area (Å²) in [6.45, 7) is 3.28. The van der Waals surface area contributed by atoms with Crippen molar-refractivity contribution in [1.29, 1.82) is 0 Å². The largest absolute Gasteiger partial charge is 0.493 e. The number of nitrogens with zero attached hydrogens (tertiary/aromatic N) is 1. The molecule has 1 aromatic carbocycles. The minimum Gasteiger partial charge on any atom is -0.493 e. The molecule has 0 saturated heterocycles. The van der Waals surface area contributed by atoms with Crippen LogP contribution in [0.25, 0.3) is 11.3 Å². The Morgan fingerprint density at radius 2 is 2.00 bits per heavy atom. The third-order valence-corrected chi connectivity index (χ3v) is 4.97. The standard InChI is InChI=1S/C21H25NO5/c1-4-16-8-14-9-21(27-7-5-6-25-2)20(26-3)10-17(14)18-11-19(24)15(13-23)12-22(16)18/h9-13,16H,4-8H2,1-3H3. The summed E-state index contributed by atoms with van der Waals surface area (Å²) in [4.78, 5) is 23.4. The number of aldehydes is 1. The minimum absolute atomic E-state index is 0.182. The van der Waals surface area contributed by atoms with Crippen LogP contribution in [0.5, 0.6) is 11.5 Å². The average Bonchev–Trinajstić information content (AvgIpc) is 2.69. The first-order valence-electron chi connectivity index (χ1n) is 9.17. The molecule has 6 nitrogen and oxygen atoms in total. The third-order valence-electron chi connectivity index (χ3n) is 4.97. The van der Waals surface area contributed by atoms with Gasteiger partial charge in [0.1, 0.15) is 0 Å². The van der Waals surface area contributed by atoms with Crippen molar-refractivity contribution >= 4 is 6.29 Å². The molecule has 0 N–H and O–H groups in total. The molecule has 0 radical (unpaired) electrons. The number of hydrogen-bond donors (Lipinski definition) is 0. The highest BCUT2D eigenvalue weighted by Gasteiger charge is 2.25. The monoisotopic (exact) mass is 371 g/mol. The summed E-state index contributed by atoms with van der Waals surface area (Å²) in [6, 6.07) is 5.65. The second kappa shape index (κ2) is 8.39. The Bertz CT molecular complexity index is 887. The molecule has 2 heterocycles. The first-order chi connectivity index (χ1) is 13.1. The lowest BCUT2D eigenvalue weighted by Gasteiger charge is -2.31. The molecule has 6 heteroatoms. The Labute approximate surface area is 158 Å². The molecule has 0 saturated carbocycles. The lowest BCUT2D eigenvalue weighted by Crippen LogP contribution is -2.23. The van der Waals surface area contributed by atoms with E-state index in [0.717, 1.165) is 36.1 Å². The van der Waals surface area contributed by atoms with E-state index in [1.54, 1.807) is 26.5 Å². The number of benzene rings is 1. The van der Waals surface area contributed by atoms with Crippen LogP contribution in [0.4, 0.5) is 0 Å². The molecule has 2 aromatic rings. The molecular formula is C21H25NO5. The maximum absolute atomic E-state index is 12.2. The van der Waals surface area contributed by atoms with Crippen molar-refractivity contribution in [3.63, 3.8) is 0 Å². The Morgan fingerprint density at radius 1 is 1.19 bits per heavy atom. The summed E-state index contributed by atoms with van der Waals surface area (Å²) in [5.74, 6) is 1.32. The molecule has 0 bridgehead atoms. The summed E-state index contributed by atoms with van der Waals surface area (Å²) >= 11 is 0. The van der Waals surface area contributed by atoms with Crippen LogP contribution in [0.2, 0.25) is 0 Å². The molecule has 0 spiro atoms. The average molecular weight is 371 g/mol. The summed E-state index contributed by atoms with van der Waals surface area (Å²) in [7, 11) is 3.27. The number of carbonyl (C=O) groups excluding carboxylic acids is 1. The molecule has 3 rings (SSSR count). The summed E-state index contributed by atoms with van der Waals surface area (Å²) in [5.41, 5.74) is 2.78. The van der Waals surface area contributed by atoms with Gasteiger partial charge in [-0.25, -0.2) is 0 Å². The molecule has 0 fully saturated rings. The highest BCUT2D eigenvalue weighted by atomic mass is 16.5. The zero-order valence-corrected chi connectivity index (χ0v) is 16.0. The van der Waals surface area contributed by atoms with E-state index in [1.165, 1.54) is 0 Å². The number of ether oxygens (including phenoxy) is 3. The van der Waals surface area contributed by atoms with E-state index in [4.69, 9.17) is 14.2 Å². The Kier molecular flexibility index (Phi) is 5.96. The summed E-state index contributed by atoms with van der Waals surface area (Å²) in [6.07, 6.45) is 4.78. The predicted molar refractivity (Wildman–Crippen MR) is 103 cm³/mol. The van der Waals surface area contributed by atoms with Gasteiger partial charge in [0.2, 0.25) is 0 Å². The van der Waals surface area contributed by atoms with Crippen molar-refractivity contribution in [2.75, 3.05) is 27.4 Å². The van der Waals surface area contributed by atoms with Crippen molar-refractivity contribution in [3.8, 4) is 22.8 Å². The highest BCUT2D eigenvalue weighted by molar-refractivity contribution is 5.77. The van der Waals surface area contributed by atoms with Gasteiger partial charge in [0, 0.05) is 44.0 Å². The van der Waals surface area contributed by atoms with E-state index in [1.807, 2.05) is 16.7 Å². The van der Waals surface area contributed by atoms with E-state index in [9.17, 15) is 9.59 Å². The van der Waals surface area contributed by atoms with Gasteiger partial charge in [-0.3, -0.25) is 9.59 Å². The smallest absolute Gasteiger partial charge is 0.192 e. The van der Waals surface area contributed by atoms with Crippen molar-refractivity contribution < 1.29 is 19.0 Å². The van der Waals surface area contributed by atoms with E-state index >= 15 is 0 Å². The maximum atomic E-state index is 12.2. The fourth-order valence-electron chi connectivity index (χ4n) is 3.53. The zero-order chi connectivity index (χ0) is 19.4. The number of hydrogen-bond acceptors (Lipinski definition) is 5. The Hall–Kier alpha value is -2.60. The molecule has 144 valence electrons.